The van der Waals surface area contributed by atoms with E-state index in [-0.39, 0.29) is 30.0 Å². The van der Waals surface area contributed by atoms with Crippen molar-refractivity contribution in [2.45, 2.75) is 19.3 Å². The molecule has 1 aliphatic carbocycles. The van der Waals surface area contributed by atoms with Gasteiger partial charge in [0.1, 0.15) is 24.3 Å². The quantitative estimate of drug-likeness (QED) is 0.108. The monoisotopic (exact) mass is 665 g/mol. The van der Waals surface area contributed by atoms with Crippen molar-refractivity contribution in [2.75, 3.05) is 64.2 Å². The zero-order chi connectivity index (χ0) is 33.9. The molecule has 1 saturated carbocycles. The van der Waals surface area contributed by atoms with E-state index in [2.05, 4.69) is 22.7 Å². The van der Waals surface area contributed by atoms with Crippen LogP contribution in [0.3, 0.4) is 0 Å². The molecule has 0 atom stereocenters. The maximum atomic E-state index is 15.3. The minimum absolute atomic E-state index is 0.0190. The number of nitrogens with one attached hydrogen (secondary N) is 2. The zero-order valence-corrected chi connectivity index (χ0v) is 26.6. The summed E-state index contributed by atoms with van der Waals surface area (Å²) in [5.74, 6) is -2.99. The smallest absolute Gasteiger partial charge is 0.240 e. The first-order valence-electron chi connectivity index (χ1n) is 15.7. The molecule has 0 bridgehead atoms. The van der Waals surface area contributed by atoms with Gasteiger partial charge in [0.25, 0.3) is 0 Å². The molecule has 0 radical (unpaired) electrons. The van der Waals surface area contributed by atoms with Crippen molar-refractivity contribution in [3.63, 3.8) is 0 Å². The summed E-state index contributed by atoms with van der Waals surface area (Å²) in [5, 5.41) is 5.61. The fourth-order valence-electron chi connectivity index (χ4n) is 5.66. The number of morpholine rings is 1. The Morgan fingerprint density at radius 1 is 0.854 bits per heavy atom. The van der Waals surface area contributed by atoms with Crippen molar-refractivity contribution in [3.8, 4) is 23.0 Å². The Balaban J connectivity index is 1.10. The average molecular weight is 666 g/mol. The predicted octanol–water partition coefficient (Wildman–Crippen LogP) is 6.06. The number of amides is 2. The molecule has 0 spiro atoms. The highest BCUT2D eigenvalue weighted by molar-refractivity contribution is 6.16. The van der Waals surface area contributed by atoms with E-state index < -0.39 is 34.7 Å². The van der Waals surface area contributed by atoms with Crippen LogP contribution in [0.2, 0.25) is 0 Å². The van der Waals surface area contributed by atoms with Gasteiger partial charge >= 0.3 is 0 Å². The van der Waals surface area contributed by atoms with Gasteiger partial charge in [-0.1, -0.05) is 0 Å². The number of hydrogen-bond donors (Lipinski definition) is 2. The minimum Gasteiger partial charge on any atom is -0.493 e. The number of methoxy groups -OCH3 is 1. The van der Waals surface area contributed by atoms with E-state index in [0.29, 0.717) is 34.8 Å². The Morgan fingerprint density at radius 3 is 2.19 bits per heavy atom. The van der Waals surface area contributed by atoms with E-state index in [0.717, 1.165) is 62.0 Å². The van der Waals surface area contributed by atoms with Gasteiger partial charge in [-0.05, 0) is 49.2 Å². The molecule has 2 fully saturated rings. The molecule has 10 nitrogen and oxygen atoms in total. The topological polar surface area (TPSA) is 108 Å². The standard InChI is InChI=1S/C35H35F3N4O6/c1-42(13-16-46-17-14-42)12-3-15-47-32-21-28-24(20-31(32)45-2)29(8-11-39-28)48-30-7-5-23(19-27(30)38)41-34(44)35(9-10-35)33(43)40-22-4-6-25(36)26(37)18-22/h4-8,11,18-21H,3,9-10,12-17H2,1-2H3,(H-,40,41,43,44)/p+1. The van der Waals surface area contributed by atoms with Gasteiger partial charge in [0.15, 0.2) is 34.7 Å². The fraction of sp³-hybridized carbons (Fsp3) is 0.343. The highest BCUT2D eigenvalue weighted by Crippen LogP contribution is 2.48. The van der Waals surface area contributed by atoms with E-state index in [1.165, 1.54) is 25.3 Å². The summed E-state index contributed by atoms with van der Waals surface area (Å²) in [6.45, 7) is 4.97. The van der Waals surface area contributed by atoms with Crippen LogP contribution in [0.1, 0.15) is 19.3 Å². The van der Waals surface area contributed by atoms with Crippen LogP contribution >= 0.6 is 0 Å². The molecule has 0 unspecified atom stereocenters. The Hall–Kier alpha value is -4.88. The van der Waals surface area contributed by atoms with Gasteiger partial charge in [0, 0.05) is 47.6 Å². The van der Waals surface area contributed by atoms with Crippen LogP contribution in [-0.4, -0.2) is 74.9 Å². The third-order valence-corrected chi connectivity index (χ3v) is 8.84. The lowest BCUT2D eigenvalue weighted by atomic mass is 10.0. The molecule has 1 saturated heterocycles. The summed E-state index contributed by atoms with van der Waals surface area (Å²) >= 11 is 0. The third-order valence-electron chi connectivity index (χ3n) is 8.84. The van der Waals surface area contributed by atoms with E-state index in [1.54, 1.807) is 24.4 Å². The summed E-state index contributed by atoms with van der Waals surface area (Å²) in [4.78, 5) is 30.3. The van der Waals surface area contributed by atoms with Crippen molar-refractivity contribution in [1.29, 1.82) is 0 Å². The van der Waals surface area contributed by atoms with Gasteiger partial charge in [-0.3, -0.25) is 14.6 Å². The highest BCUT2D eigenvalue weighted by atomic mass is 19.2. The van der Waals surface area contributed by atoms with Crippen LogP contribution in [0.5, 0.6) is 23.0 Å². The molecule has 1 aromatic heterocycles. The molecule has 13 heteroatoms. The van der Waals surface area contributed by atoms with Crippen LogP contribution in [0.15, 0.2) is 60.8 Å². The number of nitrogens with zero attached hydrogens (tertiary/aromatic N) is 2. The summed E-state index contributed by atoms with van der Waals surface area (Å²) in [6.07, 6.45) is 2.90. The molecule has 1 aliphatic heterocycles. The van der Waals surface area contributed by atoms with Crippen molar-refractivity contribution in [2.24, 2.45) is 5.41 Å². The van der Waals surface area contributed by atoms with Crippen LogP contribution in [0, 0.1) is 22.9 Å². The number of halogens is 3. The Labute approximate surface area is 275 Å². The second kappa shape index (κ2) is 13.7. The van der Waals surface area contributed by atoms with E-state index in [4.69, 9.17) is 18.9 Å². The first-order chi connectivity index (χ1) is 23.1. The number of ether oxygens (including phenoxy) is 4. The first-order valence-corrected chi connectivity index (χ1v) is 15.7. The highest BCUT2D eigenvalue weighted by Gasteiger charge is 2.56. The number of quaternary nitrogens is 1. The number of rotatable bonds is 12. The molecule has 3 aromatic carbocycles. The number of likely N-dealkylation sites (N-methyl/N-ethyl adjacent to an activating group) is 1. The van der Waals surface area contributed by atoms with E-state index in [1.807, 2.05) is 0 Å². The Morgan fingerprint density at radius 2 is 1.54 bits per heavy atom. The number of benzene rings is 3. The molecule has 2 heterocycles. The molecular weight excluding hydrogens is 629 g/mol. The largest absolute Gasteiger partial charge is 0.493 e. The van der Waals surface area contributed by atoms with Crippen molar-refractivity contribution in [3.05, 3.63) is 78.2 Å². The molecule has 2 N–H and O–H groups in total. The lowest BCUT2D eigenvalue weighted by Crippen LogP contribution is -2.52. The summed E-state index contributed by atoms with van der Waals surface area (Å²) in [7, 11) is 3.76. The average Bonchev–Trinajstić information content (AvgIpc) is 3.89. The molecule has 4 aromatic rings. The Kier molecular flexibility index (Phi) is 9.42. The van der Waals surface area contributed by atoms with Crippen LogP contribution < -0.4 is 24.8 Å². The maximum Gasteiger partial charge on any atom is 0.240 e. The van der Waals surface area contributed by atoms with Gasteiger partial charge in [-0.15, -0.1) is 0 Å². The second-order valence-corrected chi connectivity index (χ2v) is 12.3. The van der Waals surface area contributed by atoms with Crippen molar-refractivity contribution >= 4 is 34.1 Å². The van der Waals surface area contributed by atoms with Gasteiger partial charge in [0.2, 0.25) is 11.8 Å². The number of hydrogen-bond acceptors (Lipinski definition) is 7. The summed E-state index contributed by atoms with van der Waals surface area (Å²) < 4.78 is 66.1. The van der Waals surface area contributed by atoms with Gasteiger partial charge in [-0.25, -0.2) is 13.2 Å². The van der Waals surface area contributed by atoms with Crippen LogP contribution in [0.4, 0.5) is 24.5 Å². The minimum atomic E-state index is -1.41. The number of fused-ring (bicyclic) bond motifs is 1. The van der Waals surface area contributed by atoms with Gasteiger partial charge in [0.05, 0.1) is 46.0 Å². The summed E-state index contributed by atoms with van der Waals surface area (Å²) in [6, 6.07) is 11.9. The van der Waals surface area contributed by atoms with Crippen LogP contribution in [-0.2, 0) is 14.3 Å². The SMILES string of the molecule is COc1cc2c(Oc3ccc(NC(=O)C4(C(=O)Nc5ccc(F)c(F)c5)CC4)cc3F)ccnc2cc1OCCC[N+]1(C)CCOCC1. The van der Waals surface area contributed by atoms with Crippen molar-refractivity contribution in [1.82, 2.24) is 4.98 Å². The maximum absolute atomic E-state index is 15.3. The number of anilines is 2. The molecule has 252 valence electrons. The number of pyridine rings is 1. The van der Waals surface area contributed by atoms with Crippen molar-refractivity contribution < 1.29 is 46.2 Å². The number of carbonyl (C=O) groups excluding carboxylic acids is 2. The van der Waals surface area contributed by atoms with Gasteiger partial charge < -0.3 is 34.1 Å². The predicted molar refractivity (Wildman–Crippen MR) is 172 cm³/mol. The van der Waals surface area contributed by atoms with Crippen LogP contribution in [0.25, 0.3) is 10.9 Å². The normalized spacial score (nSPS) is 16.2. The molecule has 2 aliphatic rings. The van der Waals surface area contributed by atoms with E-state index in [9.17, 15) is 18.4 Å². The summed E-state index contributed by atoms with van der Waals surface area (Å²) in [5.41, 5.74) is -0.706. The lowest BCUT2D eigenvalue weighted by molar-refractivity contribution is -0.917. The second-order valence-electron chi connectivity index (χ2n) is 12.3. The van der Waals surface area contributed by atoms with Gasteiger partial charge in [-0.2, -0.15) is 0 Å². The number of carbonyl (C=O) groups is 2. The fourth-order valence-corrected chi connectivity index (χ4v) is 5.66. The zero-order valence-electron chi connectivity index (χ0n) is 26.6. The lowest BCUT2D eigenvalue weighted by Gasteiger charge is -2.37. The molecule has 2 amide bonds. The first kappa shape index (κ1) is 33.0. The molecule has 48 heavy (non-hydrogen) atoms. The Bertz CT molecular complexity index is 1850. The third kappa shape index (κ3) is 7.16. The molecular formula is C35H36F3N4O6+. The molecule has 6 rings (SSSR count). The number of aromatic nitrogens is 1. The van der Waals surface area contributed by atoms with E-state index >= 15 is 4.39 Å².